The van der Waals surface area contributed by atoms with Gasteiger partial charge >= 0.3 is 11.9 Å². The van der Waals surface area contributed by atoms with E-state index in [0.717, 1.165) is 35.9 Å². The molecular formula is C37H45N3O4S. The van der Waals surface area contributed by atoms with Crippen LogP contribution in [0.15, 0.2) is 83.2 Å². The van der Waals surface area contributed by atoms with Crippen LogP contribution in [0.5, 0.6) is 0 Å². The highest BCUT2D eigenvalue weighted by molar-refractivity contribution is 7.12. The first-order chi connectivity index (χ1) is 21.7. The van der Waals surface area contributed by atoms with Gasteiger partial charge in [0.25, 0.3) is 0 Å². The Morgan fingerprint density at radius 2 is 1.31 bits per heavy atom. The highest BCUT2D eigenvalue weighted by Crippen LogP contribution is 2.42. The van der Waals surface area contributed by atoms with Crippen LogP contribution < -0.4 is 5.32 Å². The normalized spacial score (nSPS) is 17.9. The molecule has 2 aliphatic heterocycles. The van der Waals surface area contributed by atoms with Gasteiger partial charge in [-0.2, -0.15) is 0 Å². The van der Waals surface area contributed by atoms with Crippen molar-refractivity contribution in [2.45, 2.75) is 53.5 Å². The molecule has 0 radical (unpaired) electrons. The van der Waals surface area contributed by atoms with Gasteiger partial charge in [0, 0.05) is 53.9 Å². The number of piperazine rings is 1. The molecule has 0 spiro atoms. The topological polar surface area (TPSA) is 71.1 Å². The summed E-state index contributed by atoms with van der Waals surface area (Å²) < 4.78 is 11.3. The second-order valence-electron chi connectivity index (χ2n) is 12.0. The van der Waals surface area contributed by atoms with Gasteiger partial charge < -0.3 is 14.8 Å². The lowest BCUT2D eigenvalue weighted by Gasteiger charge is -2.39. The van der Waals surface area contributed by atoms with E-state index < -0.39 is 17.9 Å². The van der Waals surface area contributed by atoms with Crippen molar-refractivity contribution in [1.29, 1.82) is 0 Å². The van der Waals surface area contributed by atoms with E-state index in [0.29, 0.717) is 29.1 Å². The molecule has 5 rings (SSSR count). The highest BCUT2D eigenvalue weighted by atomic mass is 32.1. The predicted octanol–water partition coefficient (Wildman–Crippen LogP) is 6.42. The number of allylic oxidation sites excluding steroid dienone is 2. The van der Waals surface area contributed by atoms with Crippen molar-refractivity contribution in [2.75, 3.05) is 45.9 Å². The van der Waals surface area contributed by atoms with Gasteiger partial charge in [0.1, 0.15) is 6.61 Å². The van der Waals surface area contributed by atoms with Crippen molar-refractivity contribution in [3.8, 4) is 0 Å². The van der Waals surface area contributed by atoms with Crippen LogP contribution in [0.1, 0.15) is 64.7 Å². The van der Waals surface area contributed by atoms with Crippen LogP contribution in [0.25, 0.3) is 0 Å². The number of aryl methyl sites for hydroxylation is 3. The smallest absolute Gasteiger partial charge is 0.336 e. The van der Waals surface area contributed by atoms with Crippen molar-refractivity contribution in [1.82, 2.24) is 15.1 Å². The van der Waals surface area contributed by atoms with Gasteiger partial charge in [-0.25, -0.2) is 9.59 Å². The summed E-state index contributed by atoms with van der Waals surface area (Å²) in [4.78, 5) is 33.7. The number of carbonyl (C=O) groups is 2. The van der Waals surface area contributed by atoms with Crippen LogP contribution in [0, 0.1) is 20.8 Å². The number of esters is 2. The maximum absolute atomic E-state index is 13.7. The molecule has 1 unspecified atom stereocenters. The Hall–Kier alpha value is -3.72. The summed E-state index contributed by atoms with van der Waals surface area (Å²) in [5, 5.41) is 3.24. The zero-order chi connectivity index (χ0) is 32.1. The summed E-state index contributed by atoms with van der Waals surface area (Å²) >= 11 is 1.58. The van der Waals surface area contributed by atoms with E-state index in [-0.39, 0.29) is 19.3 Å². The monoisotopic (exact) mass is 627 g/mol. The van der Waals surface area contributed by atoms with E-state index >= 15 is 0 Å². The zero-order valence-electron chi connectivity index (χ0n) is 27.3. The molecular weight excluding hydrogens is 582 g/mol. The Morgan fingerprint density at radius 3 is 1.80 bits per heavy atom. The van der Waals surface area contributed by atoms with Crippen LogP contribution in [-0.2, 0) is 19.1 Å². The molecule has 1 N–H and O–H groups in total. The van der Waals surface area contributed by atoms with Gasteiger partial charge in [-0.05, 0) is 64.8 Å². The van der Waals surface area contributed by atoms with E-state index in [9.17, 15) is 9.59 Å². The largest absolute Gasteiger partial charge is 0.463 e. The fourth-order valence-corrected chi connectivity index (χ4v) is 7.34. The lowest BCUT2D eigenvalue weighted by Crippen LogP contribution is -2.48. The Kier molecular flexibility index (Phi) is 10.6. The van der Waals surface area contributed by atoms with Crippen LogP contribution in [0.3, 0.4) is 0 Å². The van der Waals surface area contributed by atoms with Gasteiger partial charge in [0.15, 0.2) is 0 Å². The third-order valence-electron chi connectivity index (χ3n) is 8.72. The van der Waals surface area contributed by atoms with Crippen LogP contribution in [0.2, 0.25) is 0 Å². The average molecular weight is 628 g/mol. The molecule has 0 saturated carbocycles. The maximum atomic E-state index is 13.7. The molecule has 1 fully saturated rings. The first kappa shape index (κ1) is 32.7. The number of thiophene rings is 1. The van der Waals surface area contributed by atoms with Crippen molar-refractivity contribution in [3.05, 3.63) is 115 Å². The minimum Gasteiger partial charge on any atom is -0.463 e. The summed E-state index contributed by atoms with van der Waals surface area (Å²) in [6, 6.07) is 22.0. The van der Waals surface area contributed by atoms with Crippen molar-refractivity contribution >= 4 is 23.3 Å². The Bertz CT molecular complexity index is 1520. The number of nitrogens with one attached hydrogen (secondary N) is 1. The van der Waals surface area contributed by atoms with E-state index in [1.807, 2.05) is 32.9 Å². The van der Waals surface area contributed by atoms with Gasteiger partial charge in [-0.1, -0.05) is 59.7 Å². The second-order valence-corrected chi connectivity index (χ2v) is 13.4. The number of carbonyl (C=O) groups excluding carboxylic acids is 2. The number of benzene rings is 2. The zero-order valence-corrected chi connectivity index (χ0v) is 28.1. The quantitative estimate of drug-likeness (QED) is 0.260. The van der Waals surface area contributed by atoms with Crippen molar-refractivity contribution in [2.24, 2.45) is 0 Å². The number of rotatable bonds is 10. The molecule has 1 aromatic heterocycles. The first-order valence-corrected chi connectivity index (χ1v) is 16.7. The summed E-state index contributed by atoms with van der Waals surface area (Å²) in [5.41, 5.74) is 7.46. The van der Waals surface area contributed by atoms with Crippen LogP contribution >= 0.6 is 11.3 Å². The molecule has 45 heavy (non-hydrogen) atoms. The minimum absolute atomic E-state index is 0.197. The van der Waals surface area contributed by atoms with Crippen molar-refractivity contribution in [3.63, 3.8) is 0 Å². The predicted molar refractivity (Wildman–Crippen MR) is 180 cm³/mol. The molecule has 0 aliphatic carbocycles. The molecule has 8 heteroatoms. The third-order valence-corrected chi connectivity index (χ3v) is 9.79. The fraction of sp³-hybridized carbons (Fsp3) is 0.405. The van der Waals surface area contributed by atoms with E-state index in [1.165, 1.54) is 22.3 Å². The van der Waals surface area contributed by atoms with Crippen molar-refractivity contribution < 1.29 is 19.1 Å². The maximum Gasteiger partial charge on any atom is 0.336 e. The summed E-state index contributed by atoms with van der Waals surface area (Å²) in [5.74, 6) is -1.34. The molecule has 3 heterocycles. The van der Waals surface area contributed by atoms with Gasteiger partial charge in [-0.3, -0.25) is 9.80 Å². The minimum atomic E-state index is -0.527. The molecule has 2 aliphatic rings. The summed E-state index contributed by atoms with van der Waals surface area (Å²) in [6.45, 7) is 16.6. The molecule has 1 atom stereocenters. The molecule has 2 aromatic carbocycles. The number of nitrogens with zero attached hydrogens (tertiary/aromatic N) is 2. The molecule has 0 amide bonds. The number of ether oxygens (including phenoxy) is 2. The third kappa shape index (κ3) is 7.57. The van der Waals surface area contributed by atoms with E-state index in [2.05, 4.69) is 77.5 Å². The standard InChI is InChI=1S/C37H45N3O4S/c1-7-43-36(41)32-27(5)38-28(6)33(34(32)31-17-12-26(4)45-31)37(42)44-23-22-39-18-20-40(21-19-39)35(29-13-8-24(2)9-14-29)30-15-10-25(3)11-16-30/h8-17,34-35,38H,7,18-23H2,1-6H3. The Labute approximate surface area is 271 Å². The SMILES string of the molecule is CCOC(=O)C1=C(C)NC(C)=C(C(=O)OCCN2CCN(C(c3ccc(C)cc3)c3ccc(C)cc3)CC2)C1c1ccc(C)s1. The van der Waals surface area contributed by atoms with E-state index in [1.54, 1.807) is 18.3 Å². The fourth-order valence-electron chi connectivity index (χ4n) is 6.34. The highest BCUT2D eigenvalue weighted by Gasteiger charge is 2.39. The molecule has 1 saturated heterocycles. The number of hydrogen-bond acceptors (Lipinski definition) is 8. The van der Waals surface area contributed by atoms with Crippen LogP contribution in [0.4, 0.5) is 0 Å². The number of hydrogen-bond donors (Lipinski definition) is 1. The lowest BCUT2D eigenvalue weighted by atomic mass is 9.84. The Morgan fingerprint density at radius 1 is 0.778 bits per heavy atom. The lowest BCUT2D eigenvalue weighted by molar-refractivity contribution is -0.140. The summed E-state index contributed by atoms with van der Waals surface area (Å²) in [7, 11) is 0. The molecule has 3 aromatic rings. The molecule has 238 valence electrons. The van der Waals surface area contributed by atoms with Gasteiger partial charge in [0.2, 0.25) is 0 Å². The summed E-state index contributed by atoms with van der Waals surface area (Å²) in [6.07, 6.45) is 0. The molecule has 0 bridgehead atoms. The van der Waals surface area contributed by atoms with Gasteiger partial charge in [0.05, 0.1) is 29.7 Å². The second kappa shape index (κ2) is 14.6. The Balaban J connectivity index is 1.23. The van der Waals surface area contributed by atoms with E-state index in [4.69, 9.17) is 9.47 Å². The first-order valence-electron chi connectivity index (χ1n) is 15.8. The number of dihydropyridines is 1. The molecule has 7 nitrogen and oxygen atoms in total. The average Bonchev–Trinajstić information content (AvgIpc) is 3.45. The van der Waals surface area contributed by atoms with Gasteiger partial charge in [-0.15, -0.1) is 11.3 Å². The van der Waals surface area contributed by atoms with Crippen LogP contribution in [-0.4, -0.2) is 67.7 Å².